The fourth-order valence-corrected chi connectivity index (χ4v) is 1.86. The van der Waals surface area contributed by atoms with E-state index in [4.69, 9.17) is 26.0 Å². The predicted octanol–water partition coefficient (Wildman–Crippen LogP) is 0.380. The molecule has 7 nitrogen and oxygen atoms in total. The first kappa shape index (κ1) is 6.34. The van der Waals surface area contributed by atoms with E-state index in [9.17, 15) is 19.5 Å². The molecule has 3 atom stereocenters. The molecule has 26 heavy (non-hydrogen) atoms. The first-order chi connectivity index (χ1) is 19.7. The van der Waals surface area contributed by atoms with E-state index in [-0.39, 0.29) is 4.90 Å². The summed E-state index contributed by atoms with van der Waals surface area (Å²) in [5.41, 5.74) is -1.77. The lowest BCUT2D eigenvalue weighted by atomic mass is 9.99. The Kier molecular flexibility index (Phi) is 2.03. The van der Waals surface area contributed by atoms with Gasteiger partial charge in [-0.1, -0.05) is 37.9 Å². The fourth-order valence-electron chi connectivity index (χ4n) is 1.86. The molecule has 142 valence electrons. The smallest absolute Gasteiger partial charge is 0.249 e. The van der Waals surface area contributed by atoms with Crippen molar-refractivity contribution in [3.05, 3.63) is 35.3 Å². The Morgan fingerprint density at radius 1 is 1.42 bits per heavy atom. The highest BCUT2D eigenvalue weighted by Gasteiger charge is 2.32. The highest BCUT2D eigenvalue weighted by Crippen LogP contribution is 2.24. The normalized spacial score (nSPS) is 39.1. The standard InChI is InChI=1S/C19H27N3O4/c1-11(2)16(23)18(25)20-12(3)17(24)21-15-14-8-6-5-7-13(14)9-10-22(4)19(15)26/h5-8,11-12,15-16,23H,9-10H2,1-4H3,(H,20,25)(H,21,24)/t12-,15-,16-/m0/s1/i1D3,2D3,3D3,5D,6D,7D,8D,10D2,11D,12D,15D,16D. The molecule has 1 heterocycles. The van der Waals surface area contributed by atoms with Gasteiger partial charge < -0.3 is 20.6 Å². The van der Waals surface area contributed by atoms with Crippen LogP contribution >= 0.6 is 0 Å². The van der Waals surface area contributed by atoms with Crippen molar-refractivity contribution in [1.82, 2.24) is 15.5 Å². The molecule has 1 aliphatic heterocycles. The molecular formula is C19H27N3O4. The second kappa shape index (κ2) is 8.31. The summed E-state index contributed by atoms with van der Waals surface area (Å²) >= 11 is 0. The minimum Gasteiger partial charge on any atom is -0.383 e. The zero-order chi connectivity index (χ0) is 35.9. The second-order valence-electron chi connectivity index (χ2n) is 4.93. The zero-order valence-electron chi connectivity index (χ0n) is 32.3. The predicted molar refractivity (Wildman–Crippen MR) is 97.1 cm³/mol. The lowest BCUT2D eigenvalue weighted by molar-refractivity contribution is -0.137. The Hall–Kier alpha value is -2.41. The monoisotopic (exact) mass is 380 g/mol. The molecule has 0 unspecified atom stereocenters. The van der Waals surface area contributed by atoms with Crippen LogP contribution in [0.4, 0.5) is 0 Å². The molecule has 0 saturated carbocycles. The van der Waals surface area contributed by atoms with Gasteiger partial charge in [0, 0.05) is 30.0 Å². The van der Waals surface area contributed by atoms with Gasteiger partial charge in [-0.15, -0.1) is 0 Å². The van der Waals surface area contributed by atoms with Crippen LogP contribution < -0.4 is 10.6 Å². The van der Waals surface area contributed by atoms with E-state index in [1.165, 1.54) is 5.32 Å². The van der Waals surface area contributed by atoms with Gasteiger partial charge >= 0.3 is 0 Å². The van der Waals surface area contributed by atoms with E-state index in [0.717, 1.165) is 12.4 Å². The molecular weight excluding hydrogens is 334 g/mol. The number of hydrogen-bond acceptors (Lipinski definition) is 4. The topological polar surface area (TPSA) is 98.7 Å². The van der Waals surface area contributed by atoms with Crippen molar-refractivity contribution >= 4 is 17.7 Å². The minimum absolute atomic E-state index is 0.218. The van der Waals surface area contributed by atoms with Crippen LogP contribution in [0.5, 0.6) is 0 Å². The Balaban J connectivity index is 2.83. The van der Waals surface area contributed by atoms with Gasteiger partial charge in [-0.25, -0.2) is 0 Å². The van der Waals surface area contributed by atoms with Crippen LogP contribution in [0.15, 0.2) is 24.2 Å². The molecule has 1 aromatic carbocycles. The van der Waals surface area contributed by atoms with Crippen LogP contribution in [0.3, 0.4) is 0 Å². The van der Waals surface area contributed by atoms with Crippen molar-refractivity contribution in [3.63, 3.8) is 0 Å². The van der Waals surface area contributed by atoms with E-state index >= 15 is 0 Å². The minimum atomic E-state index is -4.62. The SMILES string of the molecule is [2H]c1c([2H])c([2H])c2c(c1[2H])CC([2H])([2H])N(C)C(=O)[C@@]2([2H])NC(=O)[C@@]([2H])(NC(=O)[C@@]([2H])(O)C([2H])(C([2H])([2H])[2H])C([2H])([2H])[2H])C([2H])([2H])[2H]. The second-order valence-corrected chi connectivity index (χ2v) is 4.93. The first-order valence-electron chi connectivity index (χ1n) is 16.4. The summed E-state index contributed by atoms with van der Waals surface area (Å²) in [7, 11) is 0.775. The third-order valence-corrected chi connectivity index (χ3v) is 3.18. The number of carbonyl (C=O) groups is 3. The number of amides is 3. The number of aliphatic hydroxyl groups is 1. The zero-order valence-corrected chi connectivity index (χ0v) is 13.3. The Morgan fingerprint density at radius 3 is 2.85 bits per heavy atom. The molecule has 2 rings (SSSR count). The molecule has 0 bridgehead atoms. The van der Waals surface area contributed by atoms with Gasteiger partial charge in [0.15, 0.2) is 0 Å². The number of carbonyl (C=O) groups excluding carboxylic acids is 3. The van der Waals surface area contributed by atoms with E-state index < -0.39 is 111 Å². The van der Waals surface area contributed by atoms with Crippen LogP contribution in [0.2, 0.25) is 0 Å². The molecule has 0 spiro atoms. The van der Waals surface area contributed by atoms with Gasteiger partial charge in [-0.3, -0.25) is 14.4 Å². The van der Waals surface area contributed by atoms with Crippen LogP contribution in [0, 0.1) is 5.89 Å². The quantitative estimate of drug-likeness (QED) is 0.688. The molecule has 3 N–H and O–H groups in total. The molecule has 0 aromatic heterocycles. The number of nitrogens with one attached hydrogen (secondary N) is 2. The third kappa shape index (κ3) is 4.40. The average Bonchev–Trinajstić information content (AvgIpc) is 2.91. The molecule has 7 heteroatoms. The van der Waals surface area contributed by atoms with Gasteiger partial charge in [0.1, 0.15) is 18.1 Å². The van der Waals surface area contributed by atoms with E-state index in [0.29, 0.717) is 0 Å². The van der Waals surface area contributed by atoms with Gasteiger partial charge in [-0.2, -0.15) is 0 Å². The number of hydrogen-bond donors (Lipinski definition) is 3. The highest BCUT2D eigenvalue weighted by molar-refractivity contribution is 5.93. The highest BCUT2D eigenvalue weighted by atomic mass is 16.3. The summed E-state index contributed by atoms with van der Waals surface area (Å²) in [5.74, 6) is -11.2. The van der Waals surface area contributed by atoms with Crippen molar-refractivity contribution in [2.45, 2.75) is 45.1 Å². The number of nitrogens with zero attached hydrogens (tertiary/aromatic N) is 1. The number of rotatable bonds is 5. The summed E-state index contributed by atoms with van der Waals surface area (Å²) in [6.07, 6.45) is -5.60. The Bertz CT molecular complexity index is 1410. The Morgan fingerprint density at radius 2 is 2.15 bits per heavy atom. The van der Waals surface area contributed by atoms with Crippen LogP contribution in [-0.4, -0.2) is 53.4 Å². The van der Waals surface area contributed by atoms with Crippen LogP contribution in [0.1, 0.15) is 63.7 Å². The average molecular weight is 381 g/mol. The maximum Gasteiger partial charge on any atom is 0.249 e. The molecule has 0 saturated heterocycles. The van der Waals surface area contributed by atoms with Crippen molar-refractivity contribution in [1.29, 1.82) is 0 Å². The van der Waals surface area contributed by atoms with Crippen molar-refractivity contribution in [2.75, 3.05) is 13.5 Å². The molecule has 1 aliphatic rings. The number of fused-ring (bicyclic) bond motifs is 1. The van der Waals surface area contributed by atoms with Gasteiger partial charge in [-0.05, 0) is 30.3 Å². The van der Waals surface area contributed by atoms with E-state index in [1.54, 1.807) is 0 Å². The maximum atomic E-state index is 13.5. The molecule has 0 radical (unpaired) electrons. The summed E-state index contributed by atoms with van der Waals surface area (Å²) in [6.45, 7) is -15.2. The van der Waals surface area contributed by atoms with Gasteiger partial charge in [0.05, 0.1) is 9.60 Å². The number of likely N-dealkylation sites (N-methyl/N-ethyl adjacent to an activating group) is 1. The lowest BCUT2D eigenvalue weighted by Gasteiger charge is -2.24. The fraction of sp³-hybridized carbons (Fsp3) is 0.526. The Labute approximate surface area is 180 Å². The number of benzene rings is 1. The maximum absolute atomic E-state index is 13.5. The summed E-state index contributed by atoms with van der Waals surface area (Å²) in [5, 5.41) is 13.0. The van der Waals surface area contributed by atoms with Crippen LogP contribution in [-0.2, 0) is 20.8 Å². The molecule has 0 fully saturated rings. The van der Waals surface area contributed by atoms with Gasteiger partial charge in [0.2, 0.25) is 17.7 Å². The van der Waals surface area contributed by atoms with E-state index in [2.05, 4.69) is 0 Å². The lowest BCUT2D eigenvalue weighted by Crippen LogP contribution is -2.51. The van der Waals surface area contributed by atoms with Crippen LogP contribution in [0.25, 0.3) is 0 Å². The van der Waals surface area contributed by atoms with Crippen molar-refractivity contribution in [2.24, 2.45) is 5.89 Å². The van der Waals surface area contributed by atoms with Gasteiger partial charge in [0.25, 0.3) is 0 Å². The summed E-state index contributed by atoms with van der Waals surface area (Å²) < 4.78 is 149. The molecule has 0 aliphatic carbocycles. The summed E-state index contributed by atoms with van der Waals surface area (Å²) in [6, 6.07) is -11.9. The van der Waals surface area contributed by atoms with E-state index in [1.807, 2.05) is 0 Å². The van der Waals surface area contributed by atoms with Crippen molar-refractivity contribution < 1.29 is 45.5 Å². The van der Waals surface area contributed by atoms with Crippen molar-refractivity contribution in [3.8, 4) is 0 Å². The first-order valence-corrected chi connectivity index (χ1v) is 6.94. The molecule has 3 amide bonds. The third-order valence-electron chi connectivity index (χ3n) is 3.18. The largest absolute Gasteiger partial charge is 0.383 e. The summed E-state index contributed by atoms with van der Waals surface area (Å²) in [4.78, 5) is 40.2. The molecule has 1 aromatic rings.